The molecular weight excluding hydrogens is 486 g/mol. The monoisotopic (exact) mass is 513 g/mol. The molecule has 0 fully saturated rings. The number of carbonyl (C=O) groups excluding carboxylic acids is 2. The highest BCUT2D eigenvalue weighted by atomic mass is 32.2. The molecule has 2 heterocycles. The van der Waals surface area contributed by atoms with Crippen molar-refractivity contribution in [3.05, 3.63) is 76.2 Å². The average Bonchev–Trinajstić information content (AvgIpc) is 3.20. The van der Waals surface area contributed by atoms with Crippen LogP contribution in [-0.4, -0.2) is 44.5 Å². The van der Waals surface area contributed by atoms with Crippen LogP contribution in [0.2, 0.25) is 0 Å². The van der Waals surface area contributed by atoms with Crippen molar-refractivity contribution < 1.29 is 22.7 Å². The van der Waals surface area contributed by atoms with Gasteiger partial charge in [0.1, 0.15) is 10.8 Å². The molecule has 0 bridgehead atoms. The van der Waals surface area contributed by atoms with E-state index in [4.69, 9.17) is 10.5 Å². The number of ether oxygens (including phenoxy) is 1. The number of carbonyl (C=O) groups is 2. The van der Waals surface area contributed by atoms with Crippen LogP contribution in [0.25, 0.3) is 0 Å². The quantitative estimate of drug-likeness (QED) is 0.454. The highest BCUT2D eigenvalue weighted by Gasteiger charge is 2.28. The summed E-state index contributed by atoms with van der Waals surface area (Å²) in [5, 5.41) is 3.12. The topological polar surface area (TPSA) is 119 Å². The molecule has 0 unspecified atom stereocenters. The molecule has 0 spiro atoms. The van der Waals surface area contributed by atoms with E-state index in [0.29, 0.717) is 29.3 Å². The first-order chi connectivity index (χ1) is 16.8. The van der Waals surface area contributed by atoms with Gasteiger partial charge in [0.25, 0.3) is 5.91 Å². The molecule has 10 heteroatoms. The smallest absolute Gasteiger partial charge is 0.251 e. The molecule has 3 N–H and O–H groups in total. The minimum Gasteiger partial charge on any atom is -0.497 e. The Kier molecular flexibility index (Phi) is 7.54. The lowest BCUT2D eigenvalue weighted by atomic mass is 10.0. The Morgan fingerprint density at radius 3 is 2.49 bits per heavy atom. The average molecular weight is 514 g/mol. The van der Waals surface area contributed by atoms with Crippen molar-refractivity contribution in [1.82, 2.24) is 4.90 Å². The molecule has 184 valence electrons. The first-order valence-corrected chi connectivity index (χ1v) is 13.6. The second-order valence-electron chi connectivity index (χ2n) is 8.31. The Morgan fingerprint density at radius 1 is 1.11 bits per heavy atom. The number of nitrogens with two attached hydrogens (primary N) is 1. The molecule has 3 aromatic rings. The summed E-state index contributed by atoms with van der Waals surface area (Å²) in [6.07, 6.45) is 0.411. The van der Waals surface area contributed by atoms with E-state index in [2.05, 4.69) is 22.3 Å². The van der Waals surface area contributed by atoms with Gasteiger partial charge in [-0.05, 0) is 41.8 Å². The molecule has 0 radical (unpaired) electrons. The fraction of sp³-hybridized carbons (Fsp3) is 0.280. The van der Waals surface area contributed by atoms with Crippen LogP contribution in [0.1, 0.15) is 32.8 Å². The minimum atomic E-state index is -3.65. The zero-order valence-electron chi connectivity index (χ0n) is 19.3. The Hall–Kier alpha value is -3.21. The van der Waals surface area contributed by atoms with Gasteiger partial charge in [0.05, 0.1) is 23.3 Å². The highest BCUT2D eigenvalue weighted by molar-refractivity contribution is 7.91. The molecule has 4 rings (SSSR count). The number of thiophene rings is 1. The lowest BCUT2D eigenvalue weighted by Crippen LogP contribution is -2.30. The van der Waals surface area contributed by atoms with Crippen molar-refractivity contribution >= 4 is 38.0 Å². The van der Waals surface area contributed by atoms with E-state index < -0.39 is 21.7 Å². The van der Waals surface area contributed by atoms with Gasteiger partial charge >= 0.3 is 0 Å². The SMILES string of the molecule is COc1ccc(S(=O)(=O)CCC(=O)Nc2sc3c(c2C(N)=O)CCN(Cc2ccccc2)C3)cc1. The molecule has 0 atom stereocenters. The largest absolute Gasteiger partial charge is 0.497 e. The van der Waals surface area contributed by atoms with Crippen LogP contribution < -0.4 is 15.8 Å². The van der Waals surface area contributed by atoms with E-state index >= 15 is 0 Å². The van der Waals surface area contributed by atoms with E-state index in [-0.39, 0.29) is 17.1 Å². The number of sulfone groups is 1. The van der Waals surface area contributed by atoms with Gasteiger partial charge in [-0.25, -0.2) is 8.42 Å². The zero-order chi connectivity index (χ0) is 25.0. The van der Waals surface area contributed by atoms with Crippen molar-refractivity contribution in [3.63, 3.8) is 0 Å². The lowest BCUT2D eigenvalue weighted by molar-refractivity contribution is -0.115. The molecule has 2 aromatic carbocycles. The van der Waals surface area contributed by atoms with Crippen molar-refractivity contribution in [3.8, 4) is 5.75 Å². The van der Waals surface area contributed by atoms with Crippen LogP contribution in [0.5, 0.6) is 5.75 Å². The van der Waals surface area contributed by atoms with Crippen molar-refractivity contribution in [1.29, 1.82) is 0 Å². The third-order valence-electron chi connectivity index (χ3n) is 5.90. The van der Waals surface area contributed by atoms with Crippen LogP contribution in [0.4, 0.5) is 5.00 Å². The van der Waals surface area contributed by atoms with Gasteiger partial charge in [0.2, 0.25) is 5.91 Å². The zero-order valence-corrected chi connectivity index (χ0v) is 21.0. The number of nitrogens with zero attached hydrogens (tertiary/aromatic N) is 1. The normalized spacial score (nSPS) is 13.7. The second-order valence-corrected chi connectivity index (χ2v) is 11.5. The summed E-state index contributed by atoms with van der Waals surface area (Å²) in [6, 6.07) is 16.2. The predicted molar refractivity (Wildman–Crippen MR) is 135 cm³/mol. The van der Waals surface area contributed by atoms with Crippen LogP contribution >= 0.6 is 11.3 Å². The Bertz CT molecular complexity index is 1320. The summed E-state index contributed by atoms with van der Waals surface area (Å²) in [5.41, 5.74) is 8.06. The summed E-state index contributed by atoms with van der Waals surface area (Å²) in [4.78, 5) is 28.2. The Morgan fingerprint density at radius 2 is 1.83 bits per heavy atom. The van der Waals surface area contributed by atoms with Crippen molar-refractivity contribution in [2.75, 3.05) is 24.7 Å². The van der Waals surface area contributed by atoms with E-state index in [1.807, 2.05) is 18.2 Å². The summed E-state index contributed by atoms with van der Waals surface area (Å²) in [6.45, 7) is 2.21. The van der Waals surface area contributed by atoms with E-state index in [0.717, 1.165) is 23.5 Å². The molecule has 35 heavy (non-hydrogen) atoms. The van der Waals surface area contributed by atoms with Gasteiger partial charge in [0.15, 0.2) is 9.84 Å². The van der Waals surface area contributed by atoms with Crippen LogP contribution in [-0.2, 0) is 34.1 Å². The maximum atomic E-state index is 12.6. The number of benzene rings is 2. The van der Waals surface area contributed by atoms with Gasteiger partial charge in [0, 0.05) is 30.9 Å². The molecule has 1 aliphatic heterocycles. The van der Waals surface area contributed by atoms with Crippen molar-refractivity contribution in [2.24, 2.45) is 5.73 Å². The summed E-state index contributed by atoms with van der Waals surface area (Å²) < 4.78 is 30.3. The van der Waals surface area contributed by atoms with Gasteiger partial charge in [-0.2, -0.15) is 0 Å². The molecule has 1 aliphatic rings. The first-order valence-electron chi connectivity index (χ1n) is 11.1. The second kappa shape index (κ2) is 10.6. The standard InChI is InChI=1S/C25H27N3O5S2/c1-33-18-7-9-19(10-8-18)35(31,32)14-12-22(29)27-25-23(24(26)30)20-11-13-28(16-21(20)34-25)15-17-5-3-2-4-6-17/h2-10H,11-16H2,1H3,(H2,26,30)(H,27,29). The van der Waals surface area contributed by atoms with Gasteiger partial charge in [-0.1, -0.05) is 30.3 Å². The number of hydrogen-bond donors (Lipinski definition) is 2. The van der Waals surface area contributed by atoms with Crippen molar-refractivity contribution in [2.45, 2.75) is 30.8 Å². The molecule has 0 aliphatic carbocycles. The molecule has 2 amide bonds. The number of primary amides is 1. The van der Waals surface area contributed by atoms with E-state index in [1.54, 1.807) is 12.1 Å². The molecule has 8 nitrogen and oxygen atoms in total. The molecular formula is C25H27N3O5S2. The van der Waals surface area contributed by atoms with Gasteiger partial charge in [-0.3, -0.25) is 14.5 Å². The van der Waals surface area contributed by atoms with E-state index in [1.165, 1.54) is 36.1 Å². The molecule has 0 saturated carbocycles. The number of rotatable bonds is 9. The fourth-order valence-electron chi connectivity index (χ4n) is 4.10. The molecule has 1 aromatic heterocycles. The fourth-order valence-corrected chi connectivity index (χ4v) is 6.65. The number of fused-ring (bicyclic) bond motifs is 1. The number of nitrogens with one attached hydrogen (secondary N) is 1. The highest BCUT2D eigenvalue weighted by Crippen LogP contribution is 2.37. The van der Waals surface area contributed by atoms with Gasteiger partial charge < -0.3 is 15.8 Å². The third-order valence-corrected chi connectivity index (χ3v) is 8.76. The summed E-state index contributed by atoms with van der Waals surface area (Å²) in [5.74, 6) is -0.887. The molecule has 0 saturated heterocycles. The first kappa shape index (κ1) is 24.9. The predicted octanol–water partition coefficient (Wildman–Crippen LogP) is 3.22. The lowest BCUT2D eigenvalue weighted by Gasteiger charge is -2.27. The van der Waals surface area contributed by atoms with Crippen LogP contribution in [0.3, 0.4) is 0 Å². The number of hydrogen-bond acceptors (Lipinski definition) is 7. The maximum absolute atomic E-state index is 12.6. The number of anilines is 1. The number of methoxy groups -OCH3 is 1. The Labute approximate surface area is 208 Å². The van der Waals surface area contributed by atoms with Crippen LogP contribution in [0.15, 0.2) is 59.5 Å². The number of amides is 2. The Balaban J connectivity index is 1.43. The van der Waals surface area contributed by atoms with Crippen LogP contribution in [0, 0.1) is 0 Å². The third kappa shape index (κ3) is 5.90. The summed E-state index contributed by atoms with van der Waals surface area (Å²) >= 11 is 1.33. The van der Waals surface area contributed by atoms with E-state index in [9.17, 15) is 18.0 Å². The maximum Gasteiger partial charge on any atom is 0.251 e. The minimum absolute atomic E-state index is 0.119. The van der Waals surface area contributed by atoms with Gasteiger partial charge in [-0.15, -0.1) is 11.3 Å². The summed E-state index contributed by atoms with van der Waals surface area (Å²) in [7, 11) is -2.15.